The maximum Gasteiger partial charge on any atom is 0.237 e. The normalized spacial score (nSPS) is 23.8. The van der Waals surface area contributed by atoms with Crippen LogP contribution >= 0.6 is 12.4 Å². The van der Waals surface area contributed by atoms with Gasteiger partial charge in [0, 0.05) is 13.1 Å². The minimum atomic E-state index is -3.23. The lowest BCUT2D eigenvalue weighted by atomic mass is 9.90. The Morgan fingerprint density at radius 1 is 1.44 bits per heavy atom. The van der Waals surface area contributed by atoms with E-state index in [0.29, 0.717) is 26.1 Å². The van der Waals surface area contributed by atoms with E-state index in [0.717, 1.165) is 6.42 Å². The molecule has 18 heavy (non-hydrogen) atoms. The van der Waals surface area contributed by atoms with E-state index in [9.17, 15) is 13.2 Å². The van der Waals surface area contributed by atoms with Gasteiger partial charge in [0.25, 0.3) is 0 Å². The molecule has 108 valence electrons. The van der Waals surface area contributed by atoms with Gasteiger partial charge in [0.05, 0.1) is 5.75 Å². The molecular weight excluding hydrogens is 276 g/mol. The number of carbonyl (C=O) groups excluding carboxylic acids is 1. The third-order valence-corrected chi connectivity index (χ3v) is 4.98. The van der Waals surface area contributed by atoms with Gasteiger partial charge in [-0.2, -0.15) is 0 Å². The standard InChI is InChI=1S/C11H22N2O3S.ClH/c1-3-6-17(15,16)7-10(14)13-5-4-11(2,8-12)9-13;/h3-9,12H2,1-2H3;1H. The van der Waals surface area contributed by atoms with Crippen molar-refractivity contribution in [3.05, 3.63) is 0 Å². The third kappa shape index (κ3) is 4.74. The molecular formula is C11H23ClN2O3S. The largest absolute Gasteiger partial charge is 0.341 e. The van der Waals surface area contributed by atoms with Crippen LogP contribution in [0.2, 0.25) is 0 Å². The number of hydrogen-bond acceptors (Lipinski definition) is 4. The van der Waals surface area contributed by atoms with Gasteiger partial charge >= 0.3 is 0 Å². The highest BCUT2D eigenvalue weighted by Gasteiger charge is 2.35. The van der Waals surface area contributed by atoms with Crippen molar-refractivity contribution in [2.24, 2.45) is 11.1 Å². The van der Waals surface area contributed by atoms with Gasteiger partial charge in [-0.15, -0.1) is 12.4 Å². The quantitative estimate of drug-likeness (QED) is 0.798. The van der Waals surface area contributed by atoms with Gasteiger partial charge in [-0.25, -0.2) is 8.42 Å². The topological polar surface area (TPSA) is 80.5 Å². The number of likely N-dealkylation sites (tertiary alicyclic amines) is 1. The number of halogens is 1. The van der Waals surface area contributed by atoms with Gasteiger partial charge in [0.2, 0.25) is 5.91 Å². The van der Waals surface area contributed by atoms with E-state index >= 15 is 0 Å². The second-order valence-electron chi connectivity index (χ2n) is 5.17. The molecule has 7 heteroatoms. The van der Waals surface area contributed by atoms with Crippen molar-refractivity contribution >= 4 is 28.2 Å². The fraction of sp³-hybridized carbons (Fsp3) is 0.909. The number of hydrogen-bond donors (Lipinski definition) is 1. The molecule has 1 amide bonds. The summed E-state index contributed by atoms with van der Waals surface area (Å²) in [7, 11) is -3.23. The Labute approximate surface area is 115 Å². The van der Waals surface area contributed by atoms with Crippen LogP contribution in [-0.2, 0) is 14.6 Å². The van der Waals surface area contributed by atoms with Gasteiger partial charge < -0.3 is 10.6 Å². The first kappa shape index (κ1) is 17.7. The van der Waals surface area contributed by atoms with Gasteiger partial charge in [0.15, 0.2) is 9.84 Å². The summed E-state index contributed by atoms with van der Waals surface area (Å²) in [6.07, 6.45) is 1.40. The van der Waals surface area contributed by atoms with Crippen molar-refractivity contribution < 1.29 is 13.2 Å². The molecule has 1 atom stereocenters. The summed E-state index contributed by atoms with van der Waals surface area (Å²) < 4.78 is 23.1. The summed E-state index contributed by atoms with van der Waals surface area (Å²) in [6, 6.07) is 0. The Morgan fingerprint density at radius 3 is 2.50 bits per heavy atom. The summed E-state index contributed by atoms with van der Waals surface area (Å²) >= 11 is 0. The van der Waals surface area contributed by atoms with E-state index in [1.165, 1.54) is 0 Å². The first-order chi connectivity index (χ1) is 7.82. The molecule has 1 fully saturated rings. The second-order valence-corrected chi connectivity index (χ2v) is 7.36. The molecule has 1 aliphatic rings. The molecule has 0 saturated carbocycles. The monoisotopic (exact) mass is 298 g/mol. The minimum Gasteiger partial charge on any atom is -0.341 e. The van der Waals surface area contributed by atoms with Crippen LogP contribution in [0.4, 0.5) is 0 Å². The van der Waals surface area contributed by atoms with Gasteiger partial charge in [-0.3, -0.25) is 4.79 Å². The molecule has 1 saturated heterocycles. The summed E-state index contributed by atoms with van der Waals surface area (Å²) in [4.78, 5) is 13.5. The average molecular weight is 299 g/mol. The van der Waals surface area contributed by atoms with Gasteiger partial charge in [0.1, 0.15) is 5.75 Å². The lowest BCUT2D eigenvalue weighted by Gasteiger charge is -2.22. The SMILES string of the molecule is CCCS(=O)(=O)CC(=O)N1CCC(C)(CN)C1.Cl. The summed E-state index contributed by atoms with van der Waals surface area (Å²) in [5, 5.41) is 0. The molecule has 0 bridgehead atoms. The Bertz CT molecular complexity index is 386. The first-order valence-corrected chi connectivity index (χ1v) is 7.82. The van der Waals surface area contributed by atoms with Gasteiger partial charge in [-0.05, 0) is 24.8 Å². The van der Waals surface area contributed by atoms with Crippen molar-refractivity contribution in [2.45, 2.75) is 26.7 Å². The molecule has 1 heterocycles. The van der Waals surface area contributed by atoms with Crippen LogP contribution in [0.5, 0.6) is 0 Å². The predicted octanol–water partition coefficient (Wildman–Crippen LogP) is 0.430. The lowest BCUT2D eigenvalue weighted by molar-refractivity contribution is -0.127. The Morgan fingerprint density at radius 2 is 2.06 bits per heavy atom. The lowest BCUT2D eigenvalue weighted by Crippen LogP contribution is -2.37. The van der Waals surface area contributed by atoms with Crippen LogP contribution in [0.3, 0.4) is 0 Å². The van der Waals surface area contributed by atoms with Crippen LogP contribution in [0.1, 0.15) is 26.7 Å². The number of amides is 1. The van der Waals surface area contributed by atoms with Crippen molar-refractivity contribution in [1.29, 1.82) is 0 Å². The summed E-state index contributed by atoms with van der Waals surface area (Å²) in [5.74, 6) is -0.557. The fourth-order valence-electron chi connectivity index (χ4n) is 2.07. The number of sulfone groups is 1. The smallest absolute Gasteiger partial charge is 0.237 e. The van der Waals surface area contributed by atoms with Crippen molar-refractivity contribution in [3.8, 4) is 0 Å². The molecule has 1 rings (SSSR count). The van der Waals surface area contributed by atoms with Gasteiger partial charge in [-0.1, -0.05) is 13.8 Å². The number of rotatable bonds is 5. The van der Waals surface area contributed by atoms with Crippen molar-refractivity contribution in [3.63, 3.8) is 0 Å². The zero-order valence-electron chi connectivity index (χ0n) is 11.0. The average Bonchev–Trinajstić information content (AvgIpc) is 2.61. The predicted molar refractivity (Wildman–Crippen MR) is 74.6 cm³/mol. The van der Waals surface area contributed by atoms with Crippen LogP contribution in [0.15, 0.2) is 0 Å². The molecule has 0 aromatic rings. The van der Waals surface area contributed by atoms with Crippen LogP contribution in [0.25, 0.3) is 0 Å². The maximum atomic E-state index is 11.8. The van der Waals surface area contributed by atoms with Crippen LogP contribution in [-0.4, -0.2) is 50.4 Å². The van der Waals surface area contributed by atoms with E-state index in [2.05, 4.69) is 0 Å². The Hall–Kier alpha value is -0.330. The van der Waals surface area contributed by atoms with E-state index < -0.39 is 9.84 Å². The summed E-state index contributed by atoms with van der Waals surface area (Å²) in [6.45, 7) is 5.54. The van der Waals surface area contributed by atoms with E-state index in [1.54, 1.807) is 11.8 Å². The zero-order chi connectivity index (χ0) is 13.1. The van der Waals surface area contributed by atoms with Crippen molar-refractivity contribution in [1.82, 2.24) is 4.90 Å². The van der Waals surface area contributed by atoms with E-state index in [1.807, 2.05) is 6.92 Å². The molecule has 0 spiro atoms. The third-order valence-electron chi connectivity index (χ3n) is 3.26. The van der Waals surface area contributed by atoms with Crippen LogP contribution < -0.4 is 5.73 Å². The Kier molecular flexibility index (Phi) is 6.60. The van der Waals surface area contributed by atoms with E-state index in [4.69, 9.17) is 5.73 Å². The second kappa shape index (κ2) is 6.73. The fourth-order valence-corrected chi connectivity index (χ4v) is 3.39. The first-order valence-electron chi connectivity index (χ1n) is 6.00. The summed E-state index contributed by atoms with van der Waals surface area (Å²) in [5.41, 5.74) is 5.60. The maximum absolute atomic E-state index is 11.8. The molecule has 1 unspecified atom stereocenters. The molecule has 1 aliphatic heterocycles. The Balaban J connectivity index is 0.00000289. The number of nitrogens with two attached hydrogens (primary N) is 1. The van der Waals surface area contributed by atoms with Crippen molar-refractivity contribution in [2.75, 3.05) is 31.1 Å². The highest BCUT2D eigenvalue weighted by molar-refractivity contribution is 7.92. The molecule has 5 nitrogen and oxygen atoms in total. The van der Waals surface area contributed by atoms with Crippen LogP contribution in [0, 0.1) is 5.41 Å². The minimum absolute atomic E-state index is 0. The highest BCUT2D eigenvalue weighted by Crippen LogP contribution is 2.28. The highest BCUT2D eigenvalue weighted by atomic mass is 35.5. The number of carbonyl (C=O) groups is 1. The molecule has 0 aromatic carbocycles. The van der Waals surface area contributed by atoms with E-state index in [-0.39, 0.29) is 35.2 Å². The number of nitrogens with zero attached hydrogens (tertiary/aromatic N) is 1. The molecule has 0 radical (unpaired) electrons. The molecule has 2 N–H and O–H groups in total. The zero-order valence-corrected chi connectivity index (χ0v) is 12.6. The molecule has 0 aromatic heterocycles. The molecule has 0 aliphatic carbocycles.